The highest BCUT2D eigenvalue weighted by molar-refractivity contribution is 5.76. The van der Waals surface area contributed by atoms with Crippen molar-refractivity contribution in [2.75, 3.05) is 7.11 Å². The van der Waals surface area contributed by atoms with Crippen LogP contribution in [-0.4, -0.2) is 31.2 Å². The van der Waals surface area contributed by atoms with E-state index < -0.39 is 0 Å². The number of nitrogens with one attached hydrogen (secondary N) is 1. The zero-order valence-electron chi connectivity index (χ0n) is 10.2. The maximum atomic E-state index is 11.4. The van der Waals surface area contributed by atoms with Gasteiger partial charge >= 0.3 is 0 Å². The van der Waals surface area contributed by atoms with Crippen molar-refractivity contribution in [3.8, 4) is 0 Å². The first kappa shape index (κ1) is 14.4. The van der Waals surface area contributed by atoms with E-state index in [4.69, 9.17) is 10.5 Å². The molecule has 0 heterocycles. The Bertz CT molecular complexity index is 183. The summed E-state index contributed by atoms with van der Waals surface area (Å²) in [5.41, 5.74) is 5.64. The van der Waals surface area contributed by atoms with Crippen LogP contribution in [0.2, 0.25) is 0 Å². The van der Waals surface area contributed by atoms with E-state index in [1.165, 1.54) is 0 Å². The summed E-state index contributed by atoms with van der Waals surface area (Å²) in [6.45, 7) is 5.87. The van der Waals surface area contributed by atoms with Crippen molar-refractivity contribution in [3.05, 3.63) is 0 Å². The van der Waals surface area contributed by atoms with Crippen LogP contribution >= 0.6 is 0 Å². The summed E-state index contributed by atoms with van der Waals surface area (Å²) >= 11 is 0. The molecule has 0 saturated heterocycles. The van der Waals surface area contributed by atoms with Gasteiger partial charge in [0.1, 0.15) is 0 Å². The highest BCUT2D eigenvalue weighted by Gasteiger charge is 2.10. The van der Waals surface area contributed by atoms with E-state index >= 15 is 0 Å². The van der Waals surface area contributed by atoms with Gasteiger partial charge in [0.05, 0.1) is 6.10 Å². The Hall–Kier alpha value is -0.610. The van der Waals surface area contributed by atoms with Crippen molar-refractivity contribution in [1.82, 2.24) is 5.32 Å². The molecule has 3 atom stereocenters. The fourth-order valence-corrected chi connectivity index (χ4v) is 1.42. The van der Waals surface area contributed by atoms with Gasteiger partial charge < -0.3 is 15.8 Å². The molecule has 0 bridgehead atoms. The van der Waals surface area contributed by atoms with Gasteiger partial charge in [0.2, 0.25) is 5.91 Å². The van der Waals surface area contributed by atoms with Crippen molar-refractivity contribution < 1.29 is 9.53 Å². The predicted molar refractivity (Wildman–Crippen MR) is 61.6 cm³/mol. The van der Waals surface area contributed by atoms with Crippen LogP contribution in [0.1, 0.15) is 40.0 Å². The van der Waals surface area contributed by atoms with E-state index in [0.29, 0.717) is 6.42 Å². The quantitative estimate of drug-likeness (QED) is 0.668. The summed E-state index contributed by atoms with van der Waals surface area (Å²) in [7, 11) is 1.65. The third kappa shape index (κ3) is 8.39. The average molecular weight is 216 g/mol. The van der Waals surface area contributed by atoms with Crippen molar-refractivity contribution in [2.24, 2.45) is 5.73 Å². The third-order valence-electron chi connectivity index (χ3n) is 2.31. The molecule has 3 unspecified atom stereocenters. The molecule has 15 heavy (non-hydrogen) atoms. The van der Waals surface area contributed by atoms with Crippen LogP contribution in [0.25, 0.3) is 0 Å². The topological polar surface area (TPSA) is 64.3 Å². The second kappa shape index (κ2) is 7.65. The van der Waals surface area contributed by atoms with E-state index in [1.54, 1.807) is 7.11 Å². The molecule has 0 radical (unpaired) electrons. The van der Waals surface area contributed by atoms with Crippen molar-refractivity contribution in [3.63, 3.8) is 0 Å². The summed E-state index contributed by atoms with van der Waals surface area (Å²) in [5, 5.41) is 2.92. The molecule has 90 valence electrons. The summed E-state index contributed by atoms with van der Waals surface area (Å²) in [4.78, 5) is 11.4. The second-order valence-corrected chi connectivity index (χ2v) is 4.27. The molecule has 4 heteroatoms. The van der Waals surface area contributed by atoms with Crippen LogP contribution in [0.4, 0.5) is 0 Å². The van der Waals surface area contributed by atoms with Gasteiger partial charge in [-0.1, -0.05) is 0 Å². The Kier molecular flexibility index (Phi) is 7.34. The number of nitrogens with two attached hydrogens (primary N) is 1. The lowest BCUT2D eigenvalue weighted by molar-refractivity contribution is -0.122. The zero-order chi connectivity index (χ0) is 11.8. The molecular weight excluding hydrogens is 192 g/mol. The average Bonchev–Trinajstić information content (AvgIpc) is 2.12. The van der Waals surface area contributed by atoms with Crippen LogP contribution < -0.4 is 11.1 Å². The Balaban J connectivity index is 3.64. The number of carbonyl (C=O) groups excluding carboxylic acids is 1. The third-order valence-corrected chi connectivity index (χ3v) is 2.31. The highest BCUT2D eigenvalue weighted by Crippen LogP contribution is 2.01. The van der Waals surface area contributed by atoms with Gasteiger partial charge in [-0.2, -0.15) is 0 Å². The van der Waals surface area contributed by atoms with E-state index in [1.807, 2.05) is 20.8 Å². The fourth-order valence-electron chi connectivity index (χ4n) is 1.42. The van der Waals surface area contributed by atoms with E-state index in [0.717, 1.165) is 12.8 Å². The van der Waals surface area contributed by atoms with Crippen LogP contribution in [0, 0.1) is 0 Å². The van der Waals surface area contributed by atoms with Gasteiger partial charge in [0.25, 0.3) is 0 Å². The van der Waals surface area contributed by atoms with Crippen LogP contribution in [-0.2, 0) is 9.53 Å². The Labute approximate surface area is 92.6 Å². The number of carbonyl (C=O) groups is 1. The maximum Gasteiger partial charge on any atom is 0.220 e. The Morgan fingerprint density at radius 1 is 1.40 bits per heavy atom. The smallest absolute Gasteiger partial charge is 0.220 e. The Morgan fingerprint density at radius 2 is 2.00 bits per heavy atom. The minimum Gasteiger partial charge on any atom is -0.382 e. The monoisotopic (exact) mass is 216 g/mol. The van der Waals surface area contributed by atoms with E-state index in [-0.39, 0.29) is 24.1 Å². The number of rotatable bonds is 7. The molecule has 0 aliphatic carbocycles. The van der Waals surface area contributed by atoms with Gasteiger partial charge in [-0.3, -0.25) is 4.79 Å². The fraction of sp³-hybridized carbons (Fsp3) is 0.909. The number of methoxy groups -OCH3 is 1. The minimum absolute atomic E-state index is 0.0760. The number of amides is 1. The standard InChI is InChI=1S/C11H24N2O2/c1-8(12)7-9(2)13-11(14)6-5-10(3)15-4/h8-10H,5-7,12H2,1-4H3,(H,13,14). The van der Waals surface area contributed by atoms with Gasteiger partial charge in [-0.05, 0) is 33.6 Å². The molecule has 0 rings (SSSR count). The summed E-state index contributed by atoms with van der Waals surface area (Å²) in [6, 6.07) is 0.272. The molecule has 0 aromatic rings. The Morgan fingerprint density at radius 3 is 2.47 bits per heavy atom. The zero-order valence-corrected chi connectivity index (χ0v) is 10.2. The molecule has 0 aromatic heterocycles. The first-order valence-corrected chi connectivity index (χ1v) is 5.53. The molecule has 3 N–H and O–H groups in total. The van der Waals surface area contributed by atoms with Crippen LogP contribution in [0.3, 0.4) is 0 Å². The molecule has 0 spiro atoms. The first-order chi connectivity index (χ1) is 6.95. The molecule has 1 amide bonds. The van der Waals surface area contributed by atoms with Crippen molar-refractivity contribution in [1.29, 1.82) is 0 Å². The lowest BCUT2D eigenvalue weighted by Crippen LogP contribution is -2.36. The molecule has 0 aromatic carbocycles. The molecule has 0 fully saturated rings. The minimum atomic E-state index is 0.0760. The summed E-state index contributed by atoms with van der Waals surface area (Å²) < 4.78 is 5.07. The van der Waals surface area contributed by atoms with Crippen LogP contribution in [0.5, 0.6) is 0 Å². The molecule has 4 nitrogen and oxygen atoms in total. The molecule has 0 saturated carbocycles. The largest absolute Gasteiger partial charge is 0.382 e. The molecule has 0 aliphatic heterocycles. The summed E-state index contributed by atoms with van der Waals surface area (Å²) in [5.74, 6) is 0.0760. The lowest BCUT2D eigenvalue weighted by atomic mass is 10.1. The number of hydrogen-bond acceptors (Lipinski definition) is 3. The summed E-state index contributed by atoms with van der Waals surface area (Å²) in [6.07, 6.45) is 2.22. The van der Waals surface area contributed by atoms with Gasteiger partial charge in [-0.25, -0.2) is 0 Å². The van der Waals surface area contributed by atoms with E-state index in [2.05, 4.69) is 5.32 Å². The maximum absolute atomic E-state index is 11.4. The predicted octanol–water partition coefficient (Wildman–Crippen LogP) is 1.04. The highest BCUT2D eigenvalue weighted by atomic mass is 16.5. The van der Waals surface area contributed by atoms with Gasteiger partial charge in [0, 0.05) is 25.6 Å². The first-order valence-electron chi connectivity index (χ1n) is 5.53. The SMILES string of the molecule is COC(C)CCC(=O)NC(C)CC(C)N. The normalized spacial score (nSPS) is 16.9. The molecule has 0 aliphatic rings. The second-order valence-electron chi connectivity index (χ2n) is 4.27. The van der Waals surface area contributed by atoms with Crippen molar-refractivity contribution >= 4 is 5.91 Å². The van der Waals surface area contributed by atoms with Gasteiger partial charge in [0.15, 0.2) is 0 Å². The molecular formula is C11H24N2O2. The number of ether oxygens (including phenoxy) is 1. The number of hydrogen-bond donors (Lipinski definition) is 2. The van der Waals surface area contributed by atoms with Crippen molar-refractivity contribution in [2.45, 2.75) is 58.2 Å². The van der Waals surface area contributed by atoms with Crippen LogP contribution in [0.15, 0.2) is 0 Å². The lowest BCUT2D eigenvalue weighted by Gasteiger charge is -2.16. The van der Waals surface area contributed by atoms with Gasteiger partial charge in [-0.15, -0.1) is 0 Å². The van der Waals surface area contributed by atoms with E-state index in [9.17, 15) is 4.79 Å².